The zero-order chi connectivity index (χ0) is 9.38. The topological polar surface area (TPSA) is 49.9 Å². The lowest BCUT2D eigenvalue weighted by molar-refractivity contribution is 0.168. The zero-order valence-electron chi connectivity index (χ0n) is 8.07. The van der Waals surface area contributed by atoms with Gasteiger partial charge in [-0.25, -0.2) is 0 Å². The first-order chi connectivity index (χ1) is 6.93. The van der Waals surface area contributed by atoms with E-state index in [1.165, 1.54) is 25.7 Å². The van der Waals surface area contributed by atoms with Gasteiger partial charge in [-0.2, -0.15) is 5.10 Å². The van der Waals surface area contributed by atoms with Crippen molar-refractivity contribution in [3.05, 3.63) is 12.3 Å². The van der Waals surface area contributed by atoms with Crippen LogP contribution in [0.3, 0.4) is 0 Å². The quantitative estimate of drug-likeness (QED) is 0.616. The number of fused-ring (bicyclic) bond motifs is 1. The summed E-state index contributed by atoms with van der Waals surface area (Å²) in [5, 5.41) is 10.4. The maximum absolute atomic E-state index is 5.93. The monoisotopic (exact) mass is 191 g/mol. The van der Waals surface area contributed by atoms with Crippen LogP contribution in [-0.2, 0) is 4.65 Å². The van der Waals surface area contributed by atoms with Gasteiger partial charge in [0.2, 0.25) is 0 Å². The lowest BCUT2D eigenvalue weighted by atomic mass is 9.79. The van der Waals surface area contributed by atoms with E-state index in [9.17, 15) is 0 Å². The Balaban J connectivity index is 1.74. The van der Waals surface area contributed by atoms with E-state index in [4.69, 9.17) is 4.65 Å². The van der Waals surface area contributed by atoms with Gasteiger partial charge in [0, 0.05) is 12.2 Å². The summed E-state index contributed by atoms with van der Waals surface area (Å²) < 4.78 is 5.93. The summed E-state index contributed by atoms with van der Waals surface area (Å²) in [6.45, 7) is 0. The van der Waals surface area contributed by atoms with Gasteiger partial charge in [0.25, 0.3) is 0 Å². The van der Waals surface area contributed by atoms with E-state index in [-0.39, 0.29) is 7.05 Å². The van der Waals surface area contributed by atoms with Crippen molar-refractivity contribution in [2.24, 2.45) is 0 Å². The van der Waals surface area contributed by atoms with Gasteiger partial charge in [-0.15, -0.1) is 0 Å². The van der Waals surface area contributed by atoms with Crippen molar-refractivity contribution in [2.45, 2.75) is 37.8 Å². The number of nitrogens with one attached hydrogen (secondary N) is 2. The third-order valence-electron chi connectivity index (χ3n) is 3.18. The second-order valence-corrected chi connectivity index (χ2v) is 4.12. The fourth-order valence-corrected chi connectivity index (χ4v) is 2.43. The fourth-order valence-electron chi connectivity index (χ4n) is 2.43. The lowest BCUT2D eigenvalue weighted by Gasteiger charge is -2.23. The molecule has 2 heterocycles. The van der Waals surface area contributed by atoms with Crippen LogP contribution < -0.4 is 10.8 Å². The van der Waals surface area contributed by atoms with Crippen LogP contribution in [0.15, 0.2) is 12.3 Å². The van der Waals surface area contributed by atoms with Crippen molar-refractivity contribution >= 4 is 12.6 Å². The van der Waals surface area contributed by atoms with Crippen molar-refractivity contribution < 1.29 is 4.65 Å². The molecule has 0 amide bonds. The Bertz CT molecular complexity index is 289. The van der Waals surface area contributed by atoms with E-state index in [1.54, 1.807) is 6.20 Å². The molecule has 1 aromatic rings. The molecule has 1 aliphatic carbocycles. The number of rotatable bonds is 1. The molecule has 1 saturated carbocycles. The molecule has 0 bridgehead atoms. The van der Waals surface area contributed by atoms with Gasteiger partial charge < -0.3 is 9.88 Å². The van der Waals surface area contributed by atoms with Gasteiger partial charge in [-0.3, -0.25) is 5.10 Å². The highest BCUT2D eigenvalue weighted by Crippen LogP contribution is 2.25. The van der Waals surface area contributed by atoms with Crippen LogP contribution in [0.1, 0.15) is 25.7 Å². The van der Waals surface area contributed by atoms with Crippen LogP contribution in [0.25, 0.3) is 0 Å². The van der Waals surface area contributed by atoms with Crippen LogP contribution in [0, 0.1) is 0 Å². The number of hydrogen-bond acceptors (Lipinski definition) is 3. The predicted octanol–water partition coefficient (Wildman–Crippen LogP) is 0.0359. The Labute approximate surface area is 83.6 Å². The molecule has 0 radical (unpaired) electrons. The second-order valence-electron chi connectivity index (χ2n) is 4.12. The first kappa shape index (κ1) is 8.50. The van der Waals surface area contributed by atoms with Crippen molar-refractivity contribution in [1.29, 1.82) is 0 Å². The first-order valence-corrected chi connectivity index (χ1v) is 5.34. The number of H-pyrrole nitrogens is 1. The minimum absolute atomic E-state index is 0.0330. The second kappa shape index (κ2) is 3.40. The molecule has 14 heavy (non-hydrogen) atoms. The third-order valence-corrected chi connectivity index (χ3v) is 3.18. The molecular weight excluding hydrogens is 177 g/mol. The molecule has 3 rings (SSSR count). The highest BCUT2D eigenvalue weighted by molar-refractivity contribution is 6.64. The van der Waals surface area contributed by atoms with Gasteiger partial charge in [-0.1, -0.05) is 12.8 Å². The van der Waals surface area contributed by atoms with Crippen LogP contribution in [0.2, 0.25) is 0 Å². The van der Waals surface area contributed by atoms with Crippen LogP contribution in [0.5, 0.6) is 0 Å². The van der Waals surface area contributed by atoms with E-state index in [0.717, 1.165) is 5.59 Å². The van der Waals surface area contributed by atoms with Crippen molar-refractivity contribution in [3.63, 3.8) is 0 Å². The number of aromatic amines is 1. The van der Waals surface area contributed by atoms with E-state index < -0.39 is 0 Å². The van der Waals surface area contributed by atoms with Gasteiger partial charge in [0.15, 0.2) is 0 Å². The molecule has 1 saturated heterocycles. The average molecular weight is 191 g/mol. The summed E-state index contributed by atoms with van der Waals surface area (Å²) in [6.07, 6.45) is 7.25. The maximum Gasteiger partial charge on any atom is 0.435 e. The summed E-state index contributed by atoms with van der Waals surface area (Å²) >= 11 is 0. The van der Waals surface area contributed by atoms with Gasteiger partial charge in [-0.05, 0) is 18.9 Å². The number of nitrogens with zero attached hydrogens (tertiary/aromatic N) is 1. The van der Waals surface area contributed by atoms with Crippen LogP contribution in [0.4, 0.5) is 0 Å². The Morgan fingerprint density at radius 2 is 2.36 bits per heavy atom. The molecule has 2 aliphatic rings. The maximum atomic E-state index is 5.93. The summed E-state index contributed by atoms with van der Waals surface area (Å²) in [4.78, 5) is 0. The van der Waals surface area contributed by atoms with Crippen molar-refractivity contribution in [1.82, 2.24) is 15.4 Å². The Hall–Kier alpha value is -0.805. The molecule has 5 heteroatoms. The number of aromatic nitrogens is 2. The Morgan fingerprint density at radius 3 is 3.14 bits per heavy atom. The Morgan fingerprint density at radius 1 is 1.43 bits per heavy atom. The van der Waals surface area contributed by atoms with Gasteiger partial charge >= 0.3 is 7.05 Å². The molecule has 0 aromatic carbocycles. The molecule has 1 unspecified atom stereocenters. The SMILES string of the molecule is c1cc(B2NC3CCCC[C@H]3O2)[nH]n1. The summed E-state index contributed by atoms with van der Waals surface area (Å²) in [5.41, 5.74) is 1.04. The number of hydrogen-bond donors (Lipinski definition) is 2. The molecule has 74 valence electrons. The van der Waals surface area contributed by atoms with Crippen LogP contribution >= 0.6 is 0 Å². The highest BCUT2D eigenvalue weighted by atomic mass is 16.5. The fraction of sp³-hybridized carbons (Fsp3) is 0.667. The van der Waals surface area contributed by atoms with E-state index in [2.05, 4.69) is 15.4 Å². The Kier molecular flexibility index (Phi) is 2.07. The normalized spacial score (nSPS) is 31.9. The summed E-state index contributed by atoms with van der Waals surface area (Å²) in [5.74, 6) is 0. The minimum atomic E-state index is 0.0330. The largest absolute Gasteiger partial charge is 0.435 e. The summed E-state index contributed by atoms with van der Waals surface area (Å²) in [6, 6.07) is 2.52. The molecule has 2 atom stereocenters. The molecule has 0 spiro atoms. The molecule has 2 N–H and O–H groups in total. The van der Waals surface area contributed by atoms with E-state index in [0.29, 0.717) is 12.1 Å². The molecule has 1 aliphatic heterocycles. The lowest BCUT2D eigenvalue weighted by Crippen LogP contribution is -2.45. The predicted molar refractivity (Wildman–Crippen MR) is 54.2 cm³/mol. The molecule has 1 aromatic heterocycles. The van der Waals surface area contributed by atoms with Crippen molar-refractivity contribution in [3.8, 4) is 0 Å². The minimum Gasteiger partial charge on any atom is -0.412 e. The molecular formula is C9H14BN3O. The standard InChI is InChI=1S/C9H14BN3O/c1-2-4-8-7(3-1)12-10(14-8)9-5-6-11-13-9/h5-8,12H,1-4H2,(H,11,13)/t7?,8-/m1/s1. The van der Waals surface area contributed by atoms with Gasteiger partial charge in [0.05, 0.1) is 11.7 Å². The smallest absolute Gasteiger partial charge is 0.412 e. The summed E-state index contributed by atoms with van der Waals surface area (Å²) in [7, 11) is 0.0330. The highest BCUT2D eigenvalue weighted by Gasteiger charge is 2.40. The molecule has 4 nitrogen and oxygen atoms in total. The van der Waals surface area contributed by atoms with Gasteiger partial charge in [0.1, 0.15) is 0 Å². The van der Waals surface area contributed by atoms with Crippen LogP contribution in [-0.4, -0.2) is 29.4 Å². The van der Waals surface area contributed by atoms with E-state index in [1.807, 2.05) is 6.07 Å². The molecule has 2 fully saturated rings. The first-order valence-electron chi connectivity index (χ1n) is 5.34. The zero-order valence-corrected chi connectivity index (χ0v) is 8.07. The van der Waals surface area contributed by atoms with E-state index >= 15 is 0 Å². The van der Waals surface area contributed by atoms with Crippen molar-refractivity contribution in [2.75, 3.05) is 0 Å². The average Bonchev–Trinajstić information content (AvgIpc) is 2.86. The third kappa shape index (κ3) is 1.37.